The van der Waals surface area contributed by atoms with Gasteiger partial charge in [-0.3, -0.25) is 4.79 Å². The molecule has 6 heteroatoms. The van der Waals surface area contributed by atoms with Crippen molar-refractivity contribution in [1.82, 2.24) is 0 Å². The molecule has 0 heterocycles. The summed E-state index contributed by atoms with van der Waals surface area (Å²) >= 11 is 0. The molecule has 2 aromatic carbocycles. The van der Waals surface area contributed by atoms with Gasteiger partial charge in [0.15, 0.2) is 9.84 Å². The zero-order valence-electron chi connectivity index (χ0n) is 14.9. The molecule has 0 saturated heterocycles. The smallest absolute Gasteiger partial charge is 0.307 e. The molecule has 0 radical (unpaired) electrons. The standard InChI is InChI=1S/C21H17NO4S/c1-13-18(9-14-3-6-16(7-4-14)27(2,25)26)17-8-5-15(12-22)10-20(17)19(13)11-21(23)24/h3-10H,11H2,1-2H3,(H,23,24)/b18-9+. The molecule has 0 aromatic heterocycles. The van der Waals surface area contributed by atoms with Gasteiger partial charge >= 0.3 is 5.97 Å². The molecule has 27 heavy (non-hydrogen) atoms. The number of hydrogen-bond acceptors (Lipinski definition) is 4. The number of carboxylic acids is 1. The lowest BCUT2D eigenvalue weighted by Crippen LogP contribution is -1.97. The monoisotopic (exact) mass is 379 g/mol. The number of aliphatic carboxylic acids is 1. The number of nitrogens with zero attached hydrogens (tertiary/aromatic N) is 1. The summed E-state index contributed by atoms with van der Waals surface area (Å²) in [5.41, 5.74) is 5.32. The van der Waals surface area contributed by atoms with Crippen LogP contribution in [0, 0.1) is 11.3 Å². The summed E-state index contributed by atoms with van der Waals surface area (Å²) in [6.45, 7) is 1.86. The maximum Gasteiger partial charge on any atom is 0.307 e. The van der Waals surface area contributed by atoms with Gasteiger partial charge in [-0.1, -0.05) is 18.2 Å². The first-order valence-corrected chi connectivity index (χ1v) is 10.1. The second-order valence-corrected chi connectivity index (χ2v) is 8.46. The van der Waals surface area contributed by atoms with Crippen LogP contribution in [-0.4, -0.2) is 25.7 Å². The average molecular weight is 379 g/mol. The van der Waals surface area contributed by atoms with Gasteiger partial charge in [-0.2, -0.15) is 5.26 Å². The van der Waals surface area contributed by atoms with Crippen molar-refractivity contribution in [2.45, 2.75) is 18.2 Å². The van der Waals surface area contributed by atoms with E-state index in [9.17, 15) is 18.3 Å². The highest BCUT2D eigenvalue weighted by Gasteiger charge is 2.25. The van der Waals surface area contributed by atoms with Crippen molar-refractivity contribution >= 4 is 33.0 Å². The van der Waals surface area contributed by atoms with E-state index >= 15 is 0 Å². The van der Waals surface area contributed by atoms with Gasteiger partial charge in [0.25, 0.3) is 0 Å². The first kappa shape index (κ1) is 18.6. The Labute approximate surface area is 157 Å². The van der Waals surface area contributed by atoms with E-state index < -0.39 is 15.8 Å². The number of rotatable bonds is 4. The van der Waals surface area contributed by atoms with E-state index in [-0.39, 0.29) is 11.3 Å². The van der Waals surface area contributed by atoms with Crippen LogP contribution in [-0.2, 0) is 14.6 Å². The lowest BCUT2D eigenvalue weighted by Gasteiger charge is -2.05. The fraction of sp³-hybridized carbons (Fsp3) is 0.143. The molecule has 0 aliphatic heterocycles. The van der Waals surface area contributed by atoms with Gasteiger partial charge in [0.1, 0.15) is 0 Å². The van der Waals surface area contributed by atoms with E-state index in [1.807, 2.05) is 19.1 Å². The Hall–Kier alpha value is -3.17. The molecule has 2 aromatic rings. The highest BCUT2D eigenvalue weighted by atomic mass is 32.2. The zero-order valence-corrected chi connectivity index (χ0v) is 15.7. The van der Waals surface area contributed by atoms with Gasteiger partial charge in [0, 0.05) is 6.26 Å². The maximum atomic E-state index is 11.6. The van der Waals surface area contributed by atoms with E-state index in [1.54, 1.807) is 36.4 Å². The second kappa shape index (κ2) is 6.86. The second-order valence-electron chi connectivity index (χ2n) is 6.45. The highest BCUT2D eigenvalue weighted by molar-refractivity contribution is 7.90. The quantitative estimate of drug-likeness (QED) is 0.872. The Bertz CT molecular complexity index is 1150. The summed E-state index contributed by atoms with van der Waals surface area (Å²) in [7, 11) is -3.26. The third-order valence-electron chi connectivity index (χ3n) is 4.57. The predicted octanol–water partition coefficient (Wildman–Crippen LogP) is 3.76. The minimum Gasteiger partial charge on any atom is -0.481 e. The molecule has 3 rings (SSSR count). The van der Waals surface area contributed by atoms with E-state index in [4.69, 9.17) is 5.26 Å². The minimum atomic E-state index is -3.26. The van der Waals surface area contributed by atoms with E-state index in [2.05, 4.69) is 6.07 Å². The Kier molecular flexibility index (Phi) is 4.73. The molecule has 1 aliphatic carbocycles. The maximum absolute atomic E-state index is 11.6. The molecular formula is C21H17NO4S. The van der Waals surface area contributed by atoms with Crippen molar-refractivity contribution in [3.05, 3.63) is 70.3 Å². The van der Waals surface area contributed by atoms with Crippen LogP contribution in [0.25, 0.3) is 17.2 Å². The Balaban J connectivity index is 2.13. The number of nitriles is 1. The largest absolute Gasteiger partial charge is 0.481 e. The van der Waals surface area contributed by atoms with Gasteiger partial charge in [0.05, 0.1) is 22.9 Å². The van der Waals surface area contributed by atoms with Crippen LogP contribution < -0.4 is 0 Å². The highest BCUT2D eigenvalue weighted by Crippen LogP contribution is 2.43. The summed E-state index contributed by atoms with van der Waals surface area (Å²) in [6, 6.07) is 13.9. The normalized spacial score (nSPS) is 14.9. The number of benzene rings is 2. The van der Waals surface area contributed by atoms with Crippen LogP contribution in [0.1, 0.15) is 35.6 Å². The third-order valence-corrected chi connectivity index (χ3v) is 5.70. The topological polar surface area (TPSA) is 95.2 Å². The summed E-state index contributed by atoms with van der Waals surface area (Å²) < 4.78 is 23.2. The fourth-order valence-corrected chi connectivity index (χ4v) is 3.84. The Morgan fingerprint density at radius 1 is 1.15 bits per heavy atom. The Morgan fingerprint density at radius 2 is 1.81 bits per heavy atom. The van der Waals surface area contributed by atoms with Gasteiger partial charge in [-0.15, -0.1) is 0 Å². The number of sulfone groups is 1. The van der Waals surface area contributed by atoms with Crippen LogP contribution >= 0.6 is 0 Å². The fourth-order valence-electron chi connectivity index (χ4n) is 3.21. The van der Waals surface area contributed by atoms with E-state index in [1.165, 1.54) is 0 Å². The number of carboxylic acid groups (broad SMARTS) is 1. The minimum absolute atomic E-state index is 0.127. The van der Waals surface area contributed by atoms with Crippen molar-refractivity contribution in [3.8, 4) is 6.07 Å². The van der Waals surface area contributed by atoms with Crippen molar-refractivity contribution in [2.75, 3.05) is 6.26 Å². The van der Waals surface area contributed by atoms with Gasteiger partial charge in [0.2, 0.25) is 0 Å². The van der Waals surface area contributed by atoms with Crippen LogP contribution in [0.2, 0.25) is 0 Å². The number of fused-ring (bicyclic) bond motifs is 1. The molecule has 1 N–H and O–H groups in total. The van der Waals surface area contributed by atoms with Crippen molar-refractivity contribution in [2.24, 2.45) is 0 Å². The summed E-state index contributed by atoms with van der Waals surface area (Å²) in [4.78, 5) is 11.5. The molecule has 0 saturated carbocycles. The van der Waals surface area contributed by atoms with E-state index in [0.717, 1.165) is 34.1 Å². The third kappa shape index (κ3) is 3.69. The molecule has 0 atom stereocenters. The molecule has 136 valence electrons. The zero-order chi connectivity index (χ0) is 19.8. The Morgan fingerprint density at radius 3 is 2.37 bits per heavy atom. The molecule has 0 fully saturated rings. The number of hydrogen-bond donors (Lipinski definition) is 1. The van der Waals surface area contributed by atoms with Crippen molar-refractivity contribution in [1.29, 1.82) is 5.26 Å². The number of allylic oxidation sites excluding steroid dienone is 2. The van der Waals surface area contributed by atoms with Gasteiger partial charge in [-0.25, -0.2) is 8.42 Å². The first-order chi connectivity index (χ1) is 12.7. The predicted molar refractivity (Wildman–Crippen MR) is 103 cm³/mol. The molecule has 0 bridgehead atoms. The average Bonchev–Trinajstić information content (AvgIpc) is 2.86. The SMILES string of the molecule is CC1=C(CC(=O)O)c2cc(C#N)ccc2/C1=C/c1ccc(S(C)(=O)=O)cc1. The first-order valence-electron chi connectivity index (χ1n) is 8.19. The molecule has 0 spiro atoms. The van der Waals surface area contributed by atoms with Crippen LogP contribution in [0.15, 0.2) is 52.9 Å². The van der Waals surface area contributed by atoms with Crippen LogP contribution in [0.5, 0.6) is 0 Å². The van der Waals surface area contributed by atoms with Crippen molar-refractivity contribution < 1.29 is 18.3 Å². The lowest BCUT2D eigenvalue weighted by molar-refractivity contribution is -0.135. The summed E-state index contributed by atoms with van der Waals surface area (Å²) in [5.74, 6) is -0.934. The van der Waals surface area contributed by atoms with Crippen LogP contribution in [0.4, 0.5) is 0 Å². The van der Waals surface area contributed by atoms with Gasteiger partial charge in [-0.05, 0) is 70.7 Å². The molecular weight excluding hydrogens is 362 g/mol. The molecule has 1 aliphatic rings. The lowest BCUT2D eigenvalue weighted by atomic mass is 9.99. The van der Waals surface area contributed by atoms with Crippen molar-refractivity contribution in [3.63, 3.8) is 0 Å². The molecule has 0 amide bonds. The van der Waals surface area contributed by atoms with Crippen LogP contribution in [0.3, 0.4) is 0 Å². The van der Waals surface area contributed by atoms with Gasteiger partial charge < -0.3 is 5.11 Å². The van der Waals surface area contributed by atoms with E-state index in [0.29, 0.717) is 11.1 Å². The summed E-state index contributed by atoms with van der Waals surface area (Å²) in [6.07, 6.45) is 2.94. The molecule has 5 nitrogen and oxygen atoms in total. The number of carbonyl (C=O) groups is 1. The summed E-state index contributed by atoms with van der Waals surface area (Å²) in [5, 5.41) is 18.4. The molecule has 0 unspecified atom stereocenters.